The molecule has 2 N–H and O–H groups in total. The van der Waals surface area contributed by atoms with E-state index in [1.54, 1.807) is 0 Å². The summed E-state index contributed by atoms with van der Waals surface area (Å²) in [4.78, 5) is 8.56. The lowest BCUT2D eigenvalue weighted by Gasteiger charge is -1.78. The van der Waals surface area contributed by atoms with Crippen LogP contribution in [0, 0.1) is 0 Å². The van der Waals surface area contributed by atoms with Crippen molar-refractivity contribution in [3.8, 4) is 0 Å². The quantitative estimate of drug-likeness (QED) is 0.563. The third kappa shape index (κ3) is 28.7. The van der Waals surface area contributed by atoms with Gasteiger partial charge in [0.15, 0.2) is 0 Å². The van der Waals surface area contributed by atoms with Crippen molar-refractivity contribution < 1.29 is 23.8 Å². The first-order chi connectivity index (χ1) is 4.37. The van der Waals surface area contributed by atoms with Crippen molar-refractivity contribution in [2.45, 2.75) is 13.8 Å². The fraction of sp³-hybridized carbons (Fsp3) is 0.400. The highest BCUT2D eigenvalue weighted by atomic mass is 19.2. The summed E-state index contributed by atoms with van der Waals surface area (Å²) in [6.07, 6.45) is -1.83. The number of rotatable bonds is 0. The van der Waals surface area contributed by atoms with Crippen molar-refractivity contribution in [2.75, 3.05) is 0 Å². The first-order valence-corrected chi connectivity index (χ1v) is 2.28. The summed E-state index contributed by atoms with van der Waals surface area (Å²) in [5.41, 5.74) is 0. The normalized spacial score (nSPS) is 10.8. The Balaban J connectivity index is 0. The molecule has 0 rings (SSSR count). The Bertz CT molecular complexity index is 120. The van der Waals surface area contributed by atoms with E-state index < -0.39 is 17.8 Å². The predicted octanol–water partition coefficient (Wildman–Crippen LogP) is 2.40. The van der Waals surface area contributed by atoms with Crippen molar-refractivity contribution in [3.05, 3.63) is 11.7 Å². The fourth-order valence-corrected chi connectivity index (χ4v) is 0. The van der Waals surface area contributed by atoms with Gasteiger partial charge in [-0.15, -0.1) is 0 Å². The first kappa shape index (κ1) is 11.6. The van der Waals surface area contributed by atoms with Crippen molar-refractivity contribution in [2.24, 2.45) is 0 Å². The zero-order valence-electron chi connectivity index (χ0n) is 5.56. The molecule has 0 aliphatic carbocycles. The van der Waals surface area contributed by atoms with Crippen LogP contribution in [0.1, 0.15) is 13.8 Å². The highest BCUT2D eigenvalue weighted by Gasteiger charge is 1.86. The van der Waals surface area contributed by atoms with Crippen LogP contribution in [0.3, 0.4) is 0 Å². The van der Waals surface area contributed by atoms with E-state index in [-0.39, 0.29) is 0 Å². The molecule has 0 unspecified atom stereocenters. The minimum Gasteiger partial charge on any atom is -0.450 e. The summed E-state index contributed by atoms with van der Waals surface area (Å²) in [6.45, 7) is 2.16. The third-order valence-electron chi connectivity index (χ3n) is 0.475. The lowest BCUT2D eigenvalue weighted by Crippen LogP contribution is -1.81. The van der Waals surface area contributed by atoms with Gasteiger partial charge in [-0.1, -0.05) is 0 Å². The molecule has 0 fully saturated rings. The van der Waals surface area contributed by atoms with Gasteiger partial charge in [0.05, 0.1) is 0 Å². The maximum atomic E-state index is 11.3. The van der Waals surface area contributed by atoms with Crippen LogP contribution in [0.4, 0.5) is 13.6 Å². The van der Waals surface area contributed by atoms with Crippen LogP contribution < -0.4 is 0 Å². The van der Waals surface area contributed by atoms with Gasteiger partial charge in [0.2, 0.25) is 0 Å². The van der Waals surface area contributed by atoms with Crippen LogP contribution in [0.5, 0.6) is 0 Å². The Morgan fingerprint density at radius 3 is 1.20 bits per heavy atom. The molecule has 3 nitrogen and oxygen atoms in total. The zero-order valence-corrected chi connectivity index (χ0v) is 5.56. The summed E-state index contributed by atoms with van der Waals surface area (Å²) in [5.74, 6) is -1.48. The monoisotopic (exact) mass is 154 g/mol. The number of halogens is 2. The second-order valence-electron chi connectivity index (χ2n) is 1.35. The molecule has 60 valence electrons. The SMILES string of the molecule is C/C(F)=C(\C)F.O=C(O)O. The van der Waals surface area contributed by atoms with Gasteiger partial charge in [0.1, 0.15) is 11.7 Å². The summed E-state index contributed by atoms with van der Waals surface area (Å²) in [6, 6.07) is 0. The van der Waals surface area contributed by atoms with Crippen molar-refractivity contribution >= 4 is 6.16 Å². The molecule has 0 aromatic heterocycles. The predicted molar refractivity (Wildman–Crippen MR) is 31.2 cm³/mol. The molecule has 0 amide bonds. The third-order valence-corrected chi connectivity index (χ3v) is 0.475. The second kappa shape index (κ2) is 6.00. The fourth-order valence-electron chi connectivity index (χ4n) is 0. The van der Waals surface area contributed by atoms with E-state index in [0.717, 1.165) is 13.8 Å². The Hall–Kier alpha value is -1.13. The van der Waals surface area contributed by atoms with Gasteiger partial charge in [0.25, 0.3) is 0 Å². The second-order valence-corrected chi connectivity index (χ2v) is 1.35. The number of hydrogen-bond acceptors (Lipinski definition) is 1. The van der Waals surface area contributed by atoms with Gasteiger partial charge in [-0.2, -0.15) is 0 Å². The standard InChI is InChI=1S/C4H6F2.CH2O3/c1-3(5)4(2)6;2-1(3)4/h1-2H3;(H2,2,3,4)/b4-3-;. The van der Waals surface area contributed by atoms with Gasteiger partial charge in [-0.05, 0) is 13.8 Å². The van der Waals surface area contributed by atoms with E-state index in [2.05, 4.69) is 0 Å². The van der Waals surface area contributed by atoms with Crippen LogP contribution >= 0.6 is 0 Å². The summed E-state index contributed by atoms with van der Waals surface area (Å²) >= 11 is 0. The van der Waals surface area contributed by atoms with E-state index in [9.17, 15) is 8.78 Å². The molecule has 0 aliphatic rings. The van der Waals surface area contributed by atoms with E-state index in [4.69, 9.17) is 15.0 Å². The molecule has 0 saturated heterocycles. The average Bonchev–Trinajstić information content (AvgIpc) is 1.63. The van der Waals surface area contributed by atoms with Crippen LogP contribution in [0.25, 0.3) is 0 Å². The maximum Gasteiger partial charge on any atom is 0.503 e. The molecule has 5 heteroatoms. The molecule has 0 aliphatic heterocycles. The molecule has 0 bridgehead atoms. The van der Waals surface area contributed by atoms with Gasteiger partial charge in [0, 0.05) is 0 Å². The molecular weight excluding hydrogens is 146 g/mol. The molecule has 0 aromatic carbocycles. The summed E-state index contributed by atoms with van der Waals surface area (Å²) < 4.78 is 22.7. The Kier molecular flexibility index (Phi) is 6.98. The Labute approximate surface area is 56.6 Å². The van der Waals surface area contributed by atoms with E-state index in [1.165, 1.54) is 0 Å². The summed E-state index contributed by atoms with van der Waals surface area (Å²) in [5, 5.41) is 13.9. The van der Waals surface area contributed by atoms with Gasteiger partial charge >= 0.3 is 6.16 Å². The van der Waals surface area contributed by atoms with E-state index >= 15 is 0 Å². The average molecular weight is 154 g/mol. The molecule has 0 saturated carbocycles. The first-order valence-electron chi connectivity index (χ1n) is 2.28. The number of carboxylic acid groups (broad SMARTS) is 2. The molecule has 0 heterocycles. The Morgan fingerprint density at radius 1 is 1.10 bits per heavy atom. The summed E-state index contributed by atoms with van der Waals surface area (Å²) in [7, 11) is 0. The van der Waals surface area contributed by atoms with Crippen molar-refractivity contribution in [3.63, 3.8) is 0 Å². The number of allylic oxidation sites excluding steroid dienone is 2. The van der Waals surface area contributed by atoms with E-state index in [0.29, 0.717) is 0 Å². The molecule has 0 atom stereocenters. The molecule has 0 radical (unpaired) electrons. The van der Waals surface area contributed by atoms with Gasteiger partial charge in [-0.3, -0.25) is 0 Å². The van der Waals surface area contributed by atoms with Crippen LogP contribution in [-0.2, 0) is 0 Å². The van der Waals surface area contributed by atoms with Crippen LogP contribution in [0.15, 0.2) is 11.7 Å². The highest BCUT2D eigenvalue weighted by molar-refractivity contribution is 5.53. The van der Waals surface area contributed by atoms with Crippen molar-refractivity contribution in [1.82, 2.24) is 0 Å². The Morgan fingerprint density at radius 2 is 1.20 bits per heavy atom. The van der Waals surface area contributed by atoms with E-state index in [1.807, 2.05) is 0 Å². The van der Waals surface area contributed by atoms with Gasteiger partial charge in [-0.25, -0.2) is 13.6 Å². The minimum absolute atomic E-state index is 0.741. The van der Waals surface area contributed by atoms with Crippen molar-refractivity contribution in [1.29, 1.82) is 0 Å². The maximum absolute atomic E-state index is 11.3. The van der Waals surface area contributed by atoms with Crippen LogP contribution in [-0.4, -0.2) is 16.4 Å². The lowest BCUT2D eigenvalue weighted by atomic mass is 10.5. The molecular formula is C5H8F2O3. The molecule has 10 heavy (non-hydrogen) atoms. The smallest absolute Gasteiger partial charge is 0.450 e. The largest absolute Gasteiger partial charge is 0.503 e. The van der Waals surface area contributed by atoms with Gasteiger partial charge < -0.3 is 10.2 Å². The topological polar surface area (TPSA) is 57.5 Å². The number of carbonyl (C=O) groups is 1. The minimum atomic E-state index is -1.83. The molecule has 0 spiro atoms. The number of hydrogen-bond donors (Lipinski definition) is 2. The highest BCUT2D eigenvalue weighted by Crippen LogP contribution is 2.02. The zero-order chi connectivity index (χ0) is 8.73. The lowest BCUT2D eigenvalue weighted by molar-refractivity contribution is 0.137. The van der Waals surface area contributed by atoms with Crippen LogP contribution in [0.2, 0.25) is 0 Å². The molecule has 0 aromatic rings.